The normalized spacial score (nSPS) is 19.7. The first-order valence-electron chi connectivity index (χ1n) is 8.46. The van der Waals surface area contributed by atoms with Gasteiger partial charge < -0.3 is 15.3 Å². The van der Waals surface area contributed by atoms with E-state index in [4.69, 9.17) is 5.11 Å². The Morgan fingerprint density at radius 1 is 1.36 bits per heavy atom. The highest BCUT2D eigenvalue weighted by molar-refractivity contribution is 5.74. The molecule has 0 bridgehead atoms. The van der Waals surface area contributed by atoms with Crippen molar-refractivity contribution >= 4 is 6.03 Å². The Morgan fingerprint density at radius 2 is 2.14 bits per heavy atom. The zero-order valence-corrected chi connectivity index (χ0v) is 13.5. The molecule has 122 valence electrons. The van der Waals surface area contributed by atoms with Crippen LogP contribution in [0.2, 0.25) is 0 Å². The molecule has 1 saturated heterocycles. The second kappa shape index (κ2) is 8.79. The minimum absolute atomic E-state index is 0.0209. The van der Waals surface area contributed by atoms with Crippen molar-refractivity contribution in [2.75, 3.05) is 19.7 Å². The van der Waals surface area contributed by atoms with Crippen LogP contribution in [0.5, 0.6) is 0 Å². The number of rotatable bonds is 6. The van der Waals surface area contributed by atoms with E-state index in [9.17, 15) is 4.79 Å². The molecule has 2 rings (SSSR count). The van der Waals surface area contributed by atoms with E-state index in [2.05, 4.69) is 24.4 Å². The molecular formula is C18H28N2O2. The zero-order chi connectivity index (χ0) is 15.8. The molecule has 1 aromatic rings. The average molecular weight is 304 g/mol. The first kappa shape index (κ1) is 16.8. The minimum Gasteiger partial charge on any atom is -0.396 e. The number of likely N-dealkylation sites (tertiary alicyclic amines) is 1. The van der Waals surface area contributed by atoms with E-state index in [0.717, 1.165) is 32.2 Å². The highest BCUT2D eigenvalue weighted by Crippen LogP contribution is 2.21. The standard InChI is InChI=1S/C18H28N2O2/c1-2-15(16-8-4-3-5-9-16)14-19-18(22)20-12-7-6-10-17(20)11-13-21/h3-5,8-9,15,17,21H,2,6-7,10-14H2,1H3,(H,19,22). The van der Waals surface area contributed by atoms with Crippen LogP contribution in [0.15, 0.2) is 30.3 Å². The molecule has 2 unspecified atom stereocenters. The molecule has 4 heteroatoms. The molecule has 1 aliphatic heterocycles. The van der Waals surface area contributed by atoms with E-state index >= 15 is 0 Å². The molecule has 0 aromatic heterocycles. The Morgan fingerprint density at radius 3 is 2.82 bits per heavy atom. The Hall–Kier alpha value is -1.55. The quantitative estimate of drug-likeness (QED) is 0.848. The Balaban J connectivity index is 1.90. The molecule has 1 fully saturated rings. The number of benzene rings is 1. The fourth-order valence-electron chi connectivity index (χ4n) is 3.25. The summed E-state index contributed by atoms with van der Waals surface area (Å²) in [4.78, 5) is 14.4. The van der Waals surface area contributed by atoms with E-state index in [0.29, 0.717) is 18.9 Å². The predicted molar refractivity (Wildman–Crippen MR) is 88.9 cm³/mol. The highest BCUT2D eigenvalue weighted by Gasteiger charge is 2.26. The fourth-order valence-corrected chi connectivity index (χ4v) is 3.25. The molecule has 22 heavy (non-hydrogen) atoms. The smallest absolute Gasteiger partial charge is 0.317 e. The fraction of sp³-hybridized carbons (Fsp3) is 0.611. The SMILES string of the molecule is CCC(CNC(=O)N1CCCCC1CCO)c1ccccc1. The van der Waals surface area contributed by atoms with Gasteiger partial charge in [-0.2, -0.15) is 0 Å². The van der Waals surface area contributed by atoms with Gasteiger partial charge in [0.05, 0.1) is 0 Å². The number of carbonyl (C=O) groups excluding carboxylic acids is 1. The van der Waals surface area contributed by atoms with E-state index in [-0.39, 0.29) is 18.7 Å². The van der Waals surface area contributed by atoms with Crippen molar-refractivity contribution in [3.63, 3.8) is 0 Å². The van der Waals surface area contributed by atoms with Crippen LogP contribution in [0.25, 0.3) is 0 Å². The van der Waals surface area contributed by atoms with Gasteiger partial charge in [0.15, 0.2) is 0 Å². The number of aliphatic hydroxyl groups excluding tert-OH is 1. The molecule has 1 aliphatic rings. The average Bonchev–Trinajstić information content (AvgIpc) is 2.57. The number of amides is 2. The summed E-state index contributed by atoms with van der Waals surface area (Å²) in [5, 5.41) is 12.3. The van der Waals surface area contributed by atoms with E-state index in [1.807, 2.05) is 23.1 Å². The van der Waals surface area contributed by atoms with Crippen LogP contribution in [0, 0.1) is 0 Å². The molecule has 1 heterocycles. The molecule has 0 spiro atoms. The van der Waals surface area contributed by atoms with Crippen molar-refractivity contribution in [3.05, 3.63) is 35.9 Å². The van der Waals surface area contributed by atoms with Gasteiger partial charge in [-0.25, -0.2) is 4.79 Å². The number of hydrogen-bond donors (Lipinski definition) is 2. The lowest BCUT2D eigenvalue weighted by Crippen LogP contribution is -2.49. The van der Waals surface area contributed by atoms with Crippen molar-refractivity contribution in [2.45, 2.75) is 51.0 Å². The lowest BCUT2D eigenvalue weighted by atomic mass is 9.96. The predicted octanol–water partition coefficient (Wildman–Crippen LogP) is 3.13. The Kier molecular flexibility index (Phi) is 6.72. The van der Waals surface area contributed by atoms with Gasteiger partial charge in [0.1, 0.15) is 0 Å². The molecule has 0 saturated carbocycles. The van der Waals surface area contributed by atoms with Gasteiger partial charge in [-0.3, -0.25) is 0 Å². The lowest BCUT2D eigenvalue weighted by Gasteiger charge is -2.35. The number of nitrogens with zero attached hydrogens (tertiary/aromatic N) is 1. The van der Waals surface area contributed by atoms with Crippen molar-refractivity contribution in [1.82, 2.24) is 10.2 Å². The van der Waals surface area contributed by atoms with Gasteiger partial charge in [0.2, 0.25) is 0 Å². The third-order valence-corrected chi connectivity index (χ3v) is 4.61. The van der Waals surface area contributed by atoms with Crippen LogP contribution in [0.1, 0.15) is 50.5 Å². The van der Waals surface area contributed by atoms with Gasteiger partial charge in [-0.1, -0.05) is 37.3 Å². The van der Waals surface area contributed by atoms with Crippen molar-refractivity contribution in [3.8, 4) is 0 Å². The summed E-state index contributed by atoms with van der Waals surface area (Å²) in [6.07, 6.45) is 4.90. The summed E-state index contributed by atoms with van der Waals surface area (Å²) < 4.78 is 0. The van der Waals surface area contributed by atoms with E-state index in [1.54, 1.807) is 0 Å². The minimum atomic E-state index is 0.0209. The van der Waals surface area contributed by atoms with Gasteiger partial charge in [-0.15, -0.1) is 0 Å². The van der Waals surface area contributed by atoms with Gasteiger partial charge >= 0.3 is 6.03 Å². The van der Waals surface area contributed by atoms with Crippen molar-refractivity contribution < 1.29 is 9.90 Å². The summed E-state index contributed by atoms with van der Waals surface area (Å²) in [6, 6.07) is 10.6. The lowest BCUT2D eigenvalue weighted by molar-refractivity contribution is 0.131. The molecule has 2 atom stereocenters. The Labute approximate surface area is 133 Å². The summed E-state index contributed by atoms with van der Waals surface area (Å²) in [5.74, 6) is 0.353. The monoisotopic (exact) mass is 304 g/mol. The first-order valence-corrected chi connectivity index (χ1v) is 8.46. The molecule has 1 aromatic carbocycles. The number of hydrogen-bond acceptors (Lipinski definition) is 2. The summed E-state index contributed by atoms with van der Waals surface area (Å²) in [6.45, 7) is 3.77. The third kappa shape index (κ3) is 4.47. The molecule has 0 aliphatic carbocycles. The number of nitrogens with one attached hydrogen (secondary N) is 1. The maximum absolute atomic E-state index is 12.5. The second-order valence-corrected chi connectivity index (χ2v) is 6.06. The molecule has 2 N–H and O–H groups in total. The first-order chi connectivity index (χ1) is 10.8. The zero-order valence-electron chi connectivity index (χ0n) is 13.5. The van der Waals surface area contributed by atoms with Crippen LogP contribution in [-0.2, 0) is 0 Å². The van der Waals surface area contributed by atoms with Crippen molar-refractivity contribution in [1.29, 1.82) is 0 Å². The number of piperidine rings is 1. The van der Waals surface area contributed by atoms with Crippen LogP contribution < -0.4 is 5.32 Å². The molecule has 4 nitrogen and oxygen atoms in total. The van der Waals surface area contributed by atoms with Crippen molar-refractivity contribution in [2.24, 2.45) is 0 Å². The Bertz CT molecular complexity index is 448. The van der Waals surface area contributed by atoms with E-state index in [1.165, 1.54) is 5.56 Å². The van der Waals surface area contributed by atoms with Crippen LogP contribution in [-0.4, -0.2) is 41.8 Å². The molecule has 2 amide bonds. The van der Waals surface area contributed by atoms with Gasteiger partial charge in [0.25, 0.3) is 0 Å². The maximum atomic E-state index is 12.5. The largest absolute Gasteiger partial charge is 0.396 e. The number of urea groups is 1. The van der Waals surface area contributed by atoms with Crippen LogP contribution in [0.4, 0.5) is 4.79 Å². The van der Waals surface area contributed by atoms with Crippen LogP contribution >= 0.6 is 0 Å². The van der Waals surface area contributed by atoms with E-state index < -0.39 is 0 Å². The topological polar surface area (TPSA) is 52.6 Å². The number of carbonyl (C=O) groups is 1. The second-order valence-electron chi connectivity index (χ2n) is 6.06. The summed E-state index contributed by atoms with van der Waals surface area (Å²) >= 11 is 0. The van der Waals surface area contributed by atoms with Crippen LogP contribution in [0.3, 0.4) is 0 Å². The summed E-state index contributed by atoms with van der Waals surface area (Å²) in [7, 11) is 0. The molecule has 0 radical (unpaired) electrons. The van der Waals surface area contributed by atoms with Gasteiger partial charge in [0, 0.05) is 31.7 Å². The maximum Gasteiger partial charge on any atom is 0.317 e. The highest BCUT2D eigenvalue weighted by atomic mass is 16.3. The summed E-state index contributed by atoms with van der Waals surface area (Å²) in [5.41, 5.74) is 1.27. The third-order valence-electron chi connectivity index (χ3n) is 4.61. The molecular weight excluding hydrogens is 276 g/mol. The number of aliphatic hydroxyl groups is 1. The van der Waals surface area contributed by atoms with Gasteiger partial charge in [-0.05, 0) is 37.7 Å².